The van der Waals surface area contributed by atoms with Crippen LogP contribution in [-0.4, -0.2) is 28.2 Å². The number of hydrogen-bond donors (Lipinski definition) is 2. The second-order valence-corrected chi connectivity index (χ2v) is 5.81. The number of nitrogens with two attached hydrogens (primary N) is 1. The molecule has 0 atom stereocenters. The van der Waals surface area contributed by atoms with Gasteiger partial charge in [-0.15, -0.1) is 0 Å². The number of rotatable bonds is 4. The van der Waals surface area contributed by atoms with Crippen LogP contribution in [0.4, 0.5) is 0 Å². The lowest BCUT2D eigenvalue weighted by Crippen LogP contribution is -2.51. The van der Waals surface area contributed by atoms with Crippen molar-refractivity contribution in [2.24, 2.45) is 5.73 Å². The number of aryl methyl sites for hydroxylation is 2. The molecule has 1 heterocycles. The summed E-state index contributed by atoms with van der Waals surface area (Å²) in [5, 5.41) is 11.1. The van der Waals surface area contributed by atoms with Crippen LogP contribution in [0.5, 0.6) is 0 Å². The lowest BCUT2D eigenvalue weighted by molar-refractivity contribution is 0.0936. The molecule has 0 aliphatic heterocycles. The maximum absolute atomic E-state index is 12.3. The molecule has 0 radical (unpaired) electrons. The van der Waals surface area contributed by atoms with E-state index in [2.05, 4.69) is 15.5 Å². The molecule has 110 valence electrons. The molecule has 1 fully saturated rings. The van der Waals surface area contributed by atoms with Crippen LogP contribution in [-0.2, 0) is 6.42 Å². The van der Waals surface area contributed by atoms with Crippen molar-refractivity contribution >= 4 is 5.91 Å². The van der Waals surface area contributed by atoms with Gasteiger partial charge in [-0.3, -0.25) is 4.79 Å². The standard InChI is InChI=1S/C15H24N4O/c1-3-13-12(9-11(2)18-19-13)14(20)17-10-15(16)7-5-4-6-8-15/h9H,3-8,10,16H2,1-2H3,(H,17,20). The summed E-state index contributed by atoms with van der Waals surface area (Å²) in [6, 6.07) is 1.80. The molecule has 2 rings (SSSR count). The van der Waals surface area contributed by atoms with Crippen molar-refractivity contribution in [3.8, 4) is 0 Å². The van der Waals surface area contributed by atoms with E-state index >= 15 is 0 Å². The molecule has 0 spiro atoms. The van der Waals surface area contributed by atoms with E-state index in [0.717, 1.165) is 37.1 Å². The maximum atomic E-state index is 12.3. The summed E-state index contributed by atoms with van der Waals surface area (Å²) in [5.41, 5.74) is 8.22. The minimum absolute atomic E-state index is 0.0877. The van der Waals surface area contributed by atoms with E-state index < -0.39 is 0 Å². The molecule has 5 heteroatoms. The number of aromatic nitrogens is 2. The van der Waals surface area contributed by atoms with Gasteiger partial charge in [0.25, 0.3) is 5.91 Å². The Hall–Kier alpha value is -1.49. The van der Waals surface area contributed by atoms with Crippen LogP contribution in [0.3, 0.4) is 0 Å². The summed E-state index contributed by atoms with van der Waals surface area (Å²) in [7, 11) is 0. The molecule has 1 amide bonds. The lowest BCUT2D eigenvalue weighted by atomic mass is 9.82. The molecule has 1 aromatic heterocycles. The fourth-order valence-corrected chi connectivity index (χ4v) is 2.76. The average Bonchev–Trinajstić information content (AvgIpc) is 2.45. The third-order valence-electron chi connectivity index (χ3n) is 4.02. The normalized spacial score (nSPS) is 17.8. The second-order valence-electron chi connectivity index (χ2n) is 5.81. The Kier molecular flexibility index (Phi) is 4.70. The molecule has 0 saturated heterocycles. The first-order chi connectivity index (χ1) is 9.54. The van der Waals surface area contributed by atoms with Gasteiger partial charge in [0.05, 0.1) is 17.0 Å². The Labute approximate surface area is 120 Å². The number of amides is 1. The Bertz CT molecular complexity index is 481. The van der Waals surface area contributed by atoms with Gasteiger partial charge in [0.1, 0.15) is 0 Å². The largest absolute Gasteiger partial charge is 0.350 e. The fraction of sp³-hybridized carbons (Fsp3) is 0.667. The van der Waals surface area contributed by atoms with E-state index in [1.165, 1.54) is 6.42 Å². The molecular weight excluding hydrogens is 252 g/mol. The maximum Gasteiger partial charge on any atom is 0.253 e. The summed E-state index contributed by atoms with van der Waals surface area (Å²) >= 11 is 0. The summed E-state index contributed by atoms with van der Waals surface area (Å²) in [6.45, 7) is 4.35. The Morgan fingerprint density at radius 1 is 1.35 bits per heavy atom. The van der Waals surface area contributed by atoms with Crippen molar-refractivity contribution in [2.75, 3.05) is 6.54 Å². The number of hydrogen-bond acceptors (Lipinski definition) is 4. The van der Waals surface area contributed by atoms with Crippen molar-refractivity contribution in [3.05, 3.63) is 23.0 Å². The Morgan fingerprint density at radius 2 is 2.05 bits per heavy atom. The van der Waals surface area contributed by atoms with E-state index in [9.17, 15) is 4.79 Å². The predicted octanol–water partition coefficient (Wildman–Crippen LogP) is 1.74. The molecule has 0 aromatic carbocycles. The van der Waals surface area contributed by atoms with Crippen molar-refractivity contribution in [1.82, 2.24) is 15.5 Å². The fourth-order valence-electron chi connectivity index (χ4n) is 2.76. The SMILES string of the molecule is CCc1nnc(C)cc1C(=O)NCC1(N)CCCCC1. The van der Waals surface area contributed by atoms with E-state index in [1.807, 2.05) is 13.8 Å². The first-order valence-corrected chi connectivity index (χ1v) is 7.44. The molecule has 1 aliphatic carbocycles. The Balaban J connectivity index is 2.03. The van der Waals surface area contributed by atoms with Crippen LogP contribution in [0, 0.1) is 6.92 Å². The van der Waals surface area contributed by atoms with Gasteiger partial charge in [0.2, 0.25) is 0 Å². The highest BCUT2D eigenvalue weighted by Gasteiger charge is 2.28. The van der Waals surface area contributed by atoms with Gasteiger partial charge in [0, 0.05) is 12.1 Å². The van der Waals surface area contributed by atoms with Gasteiger partial charge >= 0.3 is 0 Å². The van der Waals surface area contributed by atoms with E-state index in [0.29, 0.717) is 18.5 Å². The topological polar surface area (TPSA) is 80.9 Å². The van der Waals surface area contributed by atoms with Gasteiger partial charge in [-0.05, 0) is 32.3 Å². The van der Waals surface area contributed by atoms with Crippen LogP contribution in [0.2, 0.25) is 0 Å². The van der Waals surface area contributed by atoms with Crippen molar-refractivity contribution in [3.63, 3.8) is 0 Å². The van der Waals surface area contributed by atoms with Gasteiger partial charge in [0.15, 0.2) is 0 Å². The van der Waals surface area contributed by atoms with Crippen LogP contribution in [0.1, 0.15) is 60.8 Å². The third-order valence-corrected chi connectivity index (χ3v) is 4.02. The molecule has 0 unspecified atom stereocenters. The highest BCUT2D eigenvalue weighted by Crippen LogP contribution is 2.25. The summed E-state index contributed by atoms with van der Waals surface area (Å²) in [4.78, 5) is 12.3. The second kappa shape index (κ2) is 6.31. The molecule has 3 N–H and O–H groups in total. The predicted molar refractivity (Wildman–Crippen MR) is 78.5 cm³/mol. The highest BCUT2D eigenvalue weighted by molar-refractivity contribution is 5.95. The van der Waals surface area contributed by atoms with Crippen LogP contribution >= 0.6 is 0 Å². The molecular formula is C15H24N4O. The smallest absolute Gasteiger partial charge is 0.253 e. The monoisotopic (exact) mass is 276 g/mol. The highest BCUT2D eigenvalue weighted by atomic mass is 16.1. The van der Waals surface area contributed by atoms with Crippen LogP contribution < -0.4 is 11.1 Å². The van der Waals surface area contributed by atoms with Crippen LogP contribution in [0.15, 0.2) is 6.07 Å². The quantitative estimate of drug-likeness (QED) is 0.877. The molecule has 20 heavy (non-hydrogen) atoms. The Morgan fingerprint density at radius 3 is 2.70 bits per heavy atom. The van der Waals surface area contributed by atoms with Gasteiger partial charge < -0.3 is 11.1 Å². The first-order valence-electron chi connectivity index (χ1n) is 7.44. The summed E-state index contributed by atoms with van der Waals surface area (Å²) in [6.07, 6.45) is 6.23. The van der Waals surface area contributed by atoms with Gasteiger partial charge in [-0.1, -0.05) is 26.2 Å². The zero-order valence-corrected chi connectivity index (χ0v) is 12.4. The molecule has 1 aliphatic rings. The molecule has 1 aromatic rings. The van der Waals surface area contributed by atoms with Crippen molar-refractivity contribution < 1.29 is 4.79 Å². The lowest BCUT2D eigenvalue weighted by Gasteiger charge is -2.33. The third kappa shape index (κ3) is 3.54. The molecule has 1 saturated carbocycles. The zero-order valence-electron chi connectivity index (χ0n) is 12.4. The minimum Gasteiger partial charge on any atom is -0.350 e. The van der Waals surface area contributed by atoms with E-state index in [1.54, 1.807) is 6.07 Å². The minimum atomic E-state index is -0.240. The van der Waals surface area contributed by atoms with E-state index in [4.69, 9.17) is 5.73 Å². The zero-order chi connectivity index (χ0) is 14.6. The van der Waals surface area contributed by atoms with Gasteiger partial charge in [-0.25, -0.2) is 0 Å². The molecule has 5 nitrogen and oxygen atoms in total. The van der Waals surface area contributed by atoms with E-state index in [-0.39, 0.29) is 11.4 Å². The van der Waals surface area contributed by atoms with Crippen molar-refractivity contribution in [2.45, 2.75) is 57.9 Å². The number of carbonyl (C=O) groups is 1. The number of nitrogens with one attached hydrogen (secondary N) is 1. The summed E-state index contributed by atoms with van der Waals surface area (Å²) < 4.78 is 0. The van der Waals surface area contributed by atoms with Crippen LogP contribution in [0.25, 0.3) is 0 Å². The van der Waals surface area contributed by atoms with Gasteiger partial charge in [-0.2, -0.15) is 10.2 Å². The molecule has 0 bridgehead atoms. The summed E-state index contributed by atoms with van der Waals surface area (Å²) in [5.74, 6) is -0.0877. The first kappa shape index (κ1) is 14.9. The number of carbonyl (C=O) groups excluding carboxylic acids is 1. The van der Waals surface area contributed by atoms with Crippen molar-refractivity contribution in [1.29, 1.82) is 0 Å². The average molecular weight is 276 g/mol. The number of nitrogens with zero attached hydrogens (tertiary/aromatic N) is 2.